The Hall–Kier alpha value is -3.01. The van der Waals surface area contributed by atoms with Crippen molar-refractivity contribution in [2.45, 2.75) is 33.0 Å². The Kier molecular flexibility index (Phi) is 10.8. The second-order valence-electron chi connectivity index (χ2n) is 7.46. The number of carbonyl (C=O) groups excluding carboxylic acids is 1. The van der Waals surface area contributed by atoms with Gasteiger partial charge in [-0.2, -0.15) is 0 Å². The van der Waals surface area contributed by atoms with E-state index in [1.807, 2.05) is 62.4 Å². The lowest BCUT2D eigenvalue weighted by atomic mass is 10.1. The van der Waals surface area contributed by atoms with Crippen molar-refractivity contribution in [3.8, 4) is 5.75 Å². The number of para-hydroxylation sites is 1. The lowest BCUT2D eigenvalue weighted by Gasteiger charge is -2.19. The van der Waals surface area contributed by atoms with E-state index in [4.69, 9.17) is 9.15 Å². The van der Waals surface area contributed by atoms with Crippen LogP contribution in [0.1, 0.15) is 34.2 Å². The molecule has 1 amide bonds. The summed E-state index contributed by atoms with van der Waals surface area (Å²) in [4.78, 5) is 16.7. The third kappa shape index (κ3) is 8.45. The SMILES string of the molecule is CN=C(NCc1cccc(C(=O)NCc2ccco2)c1)NCC(C)Oc1ccccc1C.I. The van der Waals surface area contributed by atoms with E-state index in [1.165, 1.54) is 0 Å². The van der Waals surface area contributed by atoms with Gasteiger partial charge in [-0.3, -0.25) is 9.79 Å². The number of furan rings is 1. The van der Waals surface area contributed by atoms with Gasteiger partial charge in [0.25, 0.3) is 5.91 Å². The largest absolute Gasteiger partial charge is 0.489 e. The highest BCUT2D eigenvalue weighted by Crippen LogP contribution is 2.17. The van der Waals surface area contributed by atoms with Crippen LogP contribution in [-0.4, -0.2) is 31.6 Å². The number of halogens is 1. The fraction of sp³-hybridized carbons (Fsp3) is 0.280. The van der Waals surface area contributed by atoms with E-state index in [2.05, 4.69) is 20.9 Å². The zero-order valence-electron chi connectivity index (χ0n) is 19.1. The minimum atomic E-state index is -0.145. The molecule has 1 unspecified atom stereocenters. The van der Waals surface area contributed by atoms with Crippen molar-refractivity contribution in [3.63, 3.8) is 0 Å². The molecule has 0 spiro atoms. The lowest BCUT2D eigenvalue weighted by Crippen LogP contribution is -2.41. The molecule has 176 valence electrons. The van der Waals surface area contributed by atoms with Crippen molar-refractivity contribution in [1.82, 2.24) is 16.0 Å². The molecule has 2 aromatic carbocycles. The molecular formula is C25H31IN4O3. The molecule has 0 radical (unpaired) electrons. The van der Waals surface area contributed by atoms with Gasteiger partial charge in [-0.25, -0.2) is 0 Å². The summed E-state index contributed by atoms with van der Waals surface area (Å²) >= 11 is 0. The average molecular weight is 562 g/mol. The molecule has 0 saturated heterocycles. The number of hydrogen-bond acceptors (Lipinski definition) is 4. The van der Waals surface area contributed by atoms with Crippen molar-refractivity contribution in [3.05, 3.63) is 89.4 Å². The van der Waals surface area contributed by atoms with E-state index in [0.717, 1.165) is 16.9 Å². The van der Waals surface area contributed by atoms with Crippen molar-refractivity contribution in [2.75, 3.05) is 13.6 Å². The maximum absolute atomic E-state index is 12.4. The van der Waals surface area contributed by atoms with Crippen LogP contribution in [0.4, 0.5) is 0 Å². The number of nitrogens with one attached hydrogen (secondary N) is 3. The van der Waals surface area contributed by atoms with E-state index in [1.54, 1.807) is 25.4 Å². The van der Waals surface area contributed by atoms with Gasteiger partial charge >= 0.3 is 0 Å². The Morgan fingerprint density at radius 2 is 1.85 bits per heavy atom. The average Bonchev–Trinajstić information content (AvgIpc) is 3.33. The fourth-order valence-electron chi connectivity index (χ4n) is 3.10. The highest BCUT2D eigenvalue weighted by molar-refractivity contribution is 14.0. The van der Waals surface area contributed by atoms with Gasteiger partial charge in [0.05, 0.1) is 19.4 Å². The topological polar surface area (TPSA) is 87.9 Å². The lowest BCUT2D eigenvalue weighted by molar-refractivity contribution is 0.0948. The number of benzene rings is 2. The molecule has 0 fully saturated rings. The van der Waals surface area contributed by atoms with Crippen LogP contribution in [0.15, 0.2) is 76.3 Å². The highest BCUT2D eigenvalue weighted by Gasteiger charge is 2.09. The predicted octanol–water partition coefficient (Wildman–Crippen LogP) is 4.27. The minimum absolute atomic E-state index is 0. The van der Waals surface area contributed by atoms with Gasteiger partial charge in [-0.05, 0) is 55.3 Å². The summed E-state index contributed by atoms with van der Waals surface area (Å²) in [5, 5.41) is 9.41. The van der Waals surface area contributed by atoms with Crippen LogP contribution >= 0.6 is 24.0 Å². The summed E-state index contributed by atoms with van der Waals surface area (Å²) in [5.41, 5.74) is 2.68. The molecule has 3 rings (SSSR count). The Morgan fingerprint density at radius 1 is 1.03 bits per heavy atom. The molecule has 0 aliphatic heterocycles. The van der Waals surface area contributed by atoms with Crippen LogP contribution < -0.4 is 20.7 Å². The smallest absolute Gasteiger partial charge is 0.251 e. The molecule has 33 heavy (non-hydrogen) atoms. The van der Waals surface area contributed by atoms with Gasteiger partial charge in [-0.15, -0.1) is 24.0 Å². The maximum atomic E-state index is 12.4. The monoisotopic (exact) mass is 562 g/mol. The minimum Gasteiger partial charge on any atom is -0.489 e. The number of nitrogens with zero attached hydrogens (tertiary/aromatic N) is 1. The van der Waals surface area contributed by atoms with Crippen LogP contribution in [0.3, 0.4) is 0 Å². The molecule has 0 bridgehead atoms. The van der Waals surface area contributed by atoms with Crippen LogP contribution in [0.25, 0.3) is 0 Å². The number of aryl methyl sites for hydroxylation is 1. The summed E-state index contributed by atoms with van der Waals surface area (Å²) in [6, 6.07) is 19.1. The van der Waals surface area contributed by atoms with Crippen molar-refractivity contribution in [1.29, 1.82) is 0 Å². The number of ether oxygens (including phenoxy) is 1. The predicted molar refractivity (Wildman–Crippen MR) is 141 cm³/mol. The Bertz CT molecular complexity index is 1040. The molecule has 3 aromatic rings. The van der Waals surface area contributed by atoms with E-state index < -0.39 is 0 Å². The molecule has 1 aromatic heterocycles. The van der Waals surface area contributed by atoms with Gasteiger partial charge in [0.2, 0.25) is 0 Å². The normalized spacial score (nSPS) is 11.8. The number of carbonyl (C=O) groups is 1. The second-order valence-corrected chi connectivity index (χ2v) is 7.46. The Labute approximate surface area is 212 Å². The number of amides is 1. The van der Waals surface area contributed by atoms with E-state index >= 15 is 0 Å². The number of aliphatic imine (C=N–C) groups is 1. The van der Waals surface area contributed by atoms with Gasteiger partial charge in [0.15, 0.2) is 5.96 Å². The number of hydrogen-bond donors (Lipinski definition) is 3. The highest BCUT2D eigenvalue weighted by atomic mass is 127. The molecule has 1 heterocycles. The molecular weight excluding hydrogens is 531 g/mol. The second kappa shape index (κ2) is 13.5. The van der Waals surface area contributed by atoms with E-state index in [0.29, 0.717) is 36.9 Å². The van der Waals surface area contributed by atoms with E-state index in [-0.39, 0.29) is 36.0 Å². The van der Waals surface area contributed by atoms with Crippen LogP contribution in [0.2, 0.25) is 0 Å². The summed E-state index contributed by atoms with van der Waals surface area (Å²) in [5.74, 6) is 2.12. The maximum Gasteiger partial charge on any atom is 0.251 e. The first-order valence-corrected chi connectivity index (χ1v) is 10.6. The van der Waals surface area contributed by atoms with Gasteiger partial charge in [0.1, 0.15) is 17.6 Å². The summed E-state index contributed by atoms with van der Waals surface area (Å²) < 4.78 is 11.2. The van der Waals surface area contributed by atoms with Crippen molar-refractivity contribution >= 4 is 35.8 Å². The summed E-state index contributed by atoms with van der Waals surface area (Å²) in [6.07, 6.45) is 1.56. The van der Waals surface area contributed by atoms with Gasteiger partial charge in [-0.1, -0.05) is 30.3 Å². The molecule has 3 N–H and O–H groups in total. The standard InChI is InChI=1S/C25H30N4O3.HI/c1-18-8-4-5-12-23(18)32-19(2)15-28-25(26-3)29-16-20-9-6-10-21(14-20)24(30)27-17-22-11-7-13-31-22;/h4-14,19H,15-17H2,1-3H3,(H,27,30)(H2,26,28,29);1H. The quantitative estimate of drug-likeness (QED) is 0.206. The Balaban J connectivity index is 0.00000385. The first-order valence-electron chi connectivity index (χ1n) is 10.6. The molecule has 8 heteroatoms. The van der Waals surface area contributed by atoms with Gasteiger partial charge in [0, 0.05) is 19.2 Å². The summed E-state index contributed by atoms with van der Waals surface area (Å²) in [6.45, 7) is 5.53. The number of rotatable bonds is 9. The molecule has 0 saturated carbocycles. The molecule has 7 nitrogen and oxygen atoms in total. The number of guanidine groups is 1. The molecule has 1 atom stereocenters. The van der Waals surface area contributed by atoms with Crippen LogP contribution in [0, 0.1) is 6.92 Å². The Morgan fingerprint density at radius 3 is 2.58 bits per heavy atom. The first kappa shape index (κ1) is 26.2. The zero-order valence-corrected chi connectivity index (χ0v) is 21.5. The molecule has 0 aliphatic rings. The van der Waals surface area contributed by atoms with Crippen LogP contribution in [-0.2, 0) is 13.1 Å². The van der Waals surface area contributed by atoms with Crippen LogP contribution in [0.5, 0.6) is 5.75 Å². The van der Waals surface area contributed by atoms with Crippen molar-refractivity contribution < 1.29 is 13.9 Å². The third-order valence-corrected chi connectivity index (χ3v) is 4.85. The zero-order chi connectivity index (χ0) is 22.8. The van der Waals surface area contributed by atoms with Crippen molar-refractivity contribution in [2.24, 2.45) is 4.99 Å². The fourth-order valence-corrected chi connectivity index (χ4v) is 3.10. The summed E-state index contributed by atoms with van der Waals surface area (Å²) in [7, 11) is 1.72. The molecule has 0 aliphatic carbocycles. The first-order chi connectivity index (χ1) is 15.5. The van der Waals surface area contributed by atoms with E-state index in [9.17, 15) is 4.79 Å². The van der Waals surface area contributed by atoms with Gasteiger partial charge < -0.3 is 25.1 Å². The third-order valence-electron chi connectivity index (χ3n) is 4.85.